The quantitative estimate of drug-likeness (QED) is 0.608. The van der Waals surface area contributed by atoms with E-state index in [4.69, 9.17) is 14.9 Å². The second kappa shape index (κ2) is 5.83. The van der Waals surface area contributed by atoms with Gasteiger partial charge in [-0.05, 0) is 13.8 Å². The molecule has 0 aromatic heterocycles. The number of hydrogen-bond acceptors (Lipinski definition) is 4. The van der Waals surface area contributed by atoms with Crippen LogP contribution in [0.25, 0.3) is 0 Å². The van der Waals surface area contributed by atoms with E-state index >= 15 is 0 Å². The Labute approximate surface area is 99.4 Å². The van der Waals surface area contributed by atoms with E-state index in [0.717, 1.165) is 0 Å². The number of carbonyl (C=O) groups is 2. The van der Waals surface area contributed by atoms with Gasteiger partial charge in [0.05, 0.1) is 25.4 Å². The molecule has 17 heavy (non-hydrogen) atoms. The first-order chi connectivity index (χ1) is 7.95. The molecule has 1 aliphatic heterocycles. The SMILES string of the molecule is CC1CN(C(=O)NC(CO)C(=O)O)C(C)CO1. The average molecular weight is 246 g/mol. The van der Waals surface area contributed by atoms with Crippen LogP contribution in [-0.2, 0) is 9.53 Å². The molecule has 3 unspecified atom stereocenters. The molecule has 0 aromatic carbocycles. The zero-order valence-corrected chi connectivity index (χ0v) is 9.92. The number of nitrogens with one attached hydrogen (secondary N) is 1. The summed E-state index contributed by atoms with van der Waals surface area (Å²) in [7, 11) is 0. The molecule has 1 aliphatic rings. The molecule has 2 amide bonds. The van der Waals surface area contributed by atoms with E-state index in [0.29, 0.717) is 13.2 Å². The molecule has 7 nitrogen and oxygen atoms in total. The molecule has 1 fully saturated rings. The van der Waals surface area contributed by atoms with Gasteiger partial charge in [-0.15, -0.1) is 0 Å². The summed E-state index contributed by atoms with van der Waals surface area (Å²) < 4.78 is 5.36. The largest absolute Gasteiger partial charge is 0.480 e. The van der Waals surface area contributed by atoms with Crippen molar-refractivity contribution in [2.75, 3.05) is 19.8 Å². The van der Waals surface area contributed by atoms with Crippen LogP contribution in [0, 0.1) is 0 Å². The van der Waals surface area contributed by atoms with Crippen molar-refractivity contribution in [2.45, 2.75) is 32.0 Å². The highest BCUT2D eigenvalue weighted by atomic mass is 16.5. The standard InChI is InChI=1S/C10H18N2O5/c1-6-5-17-7(2)3-12(6)10(16)11-8(4-13)9(14)15/h6-8,13H,3-5H2,1-2H3,(H,11,16)(H,14,15). The second-order valence-corrected chi connectivity index (χ2v) is 4.17. The summed E-state index contributed by atoms with van der Waals surface area (Å²) in [5.41, 5.74) is 0. The summed E-state index contributed by atoms with van der Waals surface area (Å²) in [4.78, 5) is 24.0. The number of rotatable bonds is 3. The molecule has 7 heteroatoms. The van der Waals surface area contributed by atoms with Crippen LogP contribution >= 0.6 is 0 Å². The van der Waals surface area contributed by atoms with Gasteiger partial charge in [-0.1, -0.05) is 0 Å². The smallest absolute Gasteiger partial charge is 0.328 e. The Balaban J connectivity index is 2.59. The minimum Gasteiger partial charge on any atom is -0.480 e. The lowest BCUT2D eigenvalue weighted by Crippen LogP contribution is -2.57. The molecule has 0 aromatic rings. The third-order valence-corrected chi connectivity index (χ3v) is 2.65. The number of nitrogens with zero attached hydrogens (tertiary/aromatic N) is 1. The second-order valence-electron chi connectivity index (χ2n) is 4.17. The maximum absolute atomic E-state index is 11.8. The third kappa shape index (κ3) is 3.57. The highest BCUT2D eigenvalue weighted by Gasteiger charge is 2.29. The van der Waals surface area contributed by atoms with E-state index in [-0.39, 0.29) is 12.1 Å². The summed E-state index contributed by atoms with van der Waals surface area (Å²) in [6, 6.07) is -1.87. The van der Waals surface area contributed by atoms with Crippen LogP contribution in [0.1, 0.15) is 13.8 Å². The highest BCUT2D eigenvalue weighted by Crippen LogP contribution is 2.11. The summed E-state index contributed by atoms with van der Waals surface area (Å²) in [5, 5.41) is 19.8. The van der Waals surface area contributed by atoms with Crippen molar-refractivity contribution in [3.8, 4) is 0 Å². The van der Waals surface area contributed by atoms with Crippen LogP contribution in [0.3, 0.4) is 0 Å². The Kier molecular flexibility index (Phi) is 4.71. The van der Waals surface area contributed by atoms with E-state index in [1.54, 1.807) is 0 Å². The number of carboxylic acids is 1. The van der Waals surface area contributed by atoms with E-state index in [1.165, 1.54) is 4.90 Å². The molecular formula is C10H18N2O5. The lowest BCUT2D eigenvalue weighted by atomic mass is 10.2. The first-order valence-electron chi connectivity index (χ1n) is 5.48. The summed E-state index contributed by atoms with van der Waals surface area (Å²) in [5.74, 6) is -1.25. The minimum absolute atomic E-state index is 0.0747. The fraction of sp³-hybridized carbons (Fsp3) is 0.800. The minimum atomic E-state index is -1.27. The van der Waals surface area contributed by atoms with Crippen molar-refractivity contribution >= 4 is 12.0 Å². The zero-order chi connectivity index (χ0) is 13.0. The van der Waals surface area contributed by atoms with Crippen molar-refractivity contribution in [2.24, 2.45) is 0 Å². The third-order valence-electron chi connectivity index (χ3n) is 2.65. The predicted octanol–water partition coefficient (Wildman–Crippen LogP) is -0.749. The van der Waals surface area contributed by atoms with Crippen LogP contribution in [0.4, 0.5) is 4.79 Å². The number of ether oxygens (including phenoxy) is 1. The molecule has 3 N–H and O–H groups in total. The van der Waals surface area contributed by atoms with Crippen LogP contribution in [0.15, 0.2) is 0 Å². The molecule has 0 saturated carbocycles. The summed E-state index contributed by atoms with van der Waals surface area (Å²) in [6.45, 7) is 3.86. The number of carbonyl (C=O) groups excluding carboxylic acids is 1. The van der Waals surface area contributed by atoms with E-state index in [2.05, 4.69) is 5.32 Å². The van der Waals surface area contributed by atoms with E-state index < -0.39 is 24.6 Å². The van der Waals surface area contributed by atoms with Crippen molar-refractivity contribution in [3.63, 3.8) is 0 Å². The number of hydrogen-bond donors (Lipinski definition) is 3. The number of aliphatic hydroxyl groups excluding tert-OH is 1. The van der Waals surface area contributed by atoms with Gasteiger partial charge < -0.3 is 25.2 Å². The maximum atomic E-state index is 11.8. The molecule has 3 atom stereocenters. The fourth-order valence-electron chi connectivity index (χ4n) is 1.60. The molecule has 1 rings (SSSR count). The molecule has 1 heterocycles. The number of amides is 2. The molecule has 1 saturated heterocycles. The number of carboxylic acid groups (broad SMARTS) is 1. The average Bonchev–Trinajstić information content (AvgIpc) is 2.28. The molecule has 98 valence electrons. The van der Waals surface area contributed by atoms with Gasteiger partial charge in [-0.2, -0.15) is 0 Å². The topological polar surface area (TPSA) is 99.1 Å². The van der Waals surface area contributed by atoms with E-state index in [9.17, 15) is 9.59 Å². The van der Waals surface area contributed by atoms with Crippen LogP contribution in [0.5, 0.6) is 0 Å². The Morgan fingerprint density at radius 3 is 2.71 bits per heavy atom. The first kappa shape index (κ1) is 13.7. The van der Waals surface area contributed by atoms with Gasteiger partial charge in [0.15, 0.2) is 6.04 Å². The summed E-state index contributed by atoms with van der Waals surface area (Å²) >= 11 is 0. The monoisotopic (exact) mass is 246 g/mol. The zero-order valence-electron chi connectivity index (χ0n) is 9.92. The lowest BCUT2D eigenvalue weighted by molar-refractivity contribution is -0.140. The van der Waals surface area contributed by atoms with Crippen LogP contribution < -0.4 is 5.32 Å². The Hall–Kier alpha value is -1.34. The van der Waals surface area contributed by atoms with Gasteiger partial charge in [-0.25, -0.2) is 9.59 Å². The van der Waals surface area contributed by atoms with Gasteiger partial charge in [0, 0.05) is 6.54 Å². The maximum Gasteiger partial charge on any atom is 0.328 e. The van der Waals surface area contributed by atoms with Gasteiger partial charge in [0.1, 0.15) is 0 Å². The van der Waals surface area contributed by atoms with Crippen LogP contribution in [0.2, 0.25) is 0 Å². The molecular weight excluding hydrogens is 228 g/mol. The fourth-order valence-corrected chi connectivity index (χ4v) is 1.60. The number of aliphatic hydroxyl groups is 1. The predicted molar refractivity (Wildman–Crippen MR) is 58.6 cm³/mol. The Morgan fingerprint density at radius 1 is 1.53 bits per heavy atom. The normalized spacial score (nSPS) is 26.4. The van der Waals surface area contributed by atoms with Gasteiger partial charge in [-0.3, -0.25) is 0 Å². The molecule has 0 spiro atoms. The van der Waals surface area contributed by atoms with Crippen molar-refractivity contribution in [3.05, 3.63) is 0 Å². The molecule has 0 radical (unpaired) electrons. The lowest BCUT2D eigenvalue weighted by Gasteiger charge is -2.37. The Bertz CT molecular complexity index is 296. The van der Waals surface area contributed by atoms with Crippen molar-refractivity contribution in [1.82, 2.24) is 10.2 Å². The van der Waals surface area contributed by atoms with Crippen molar-refractivity contribution < 1.29 is 24.5 Å². The molecule has 0 bridgehead atoms. The van der Waals surface area contributed by atoms with Gasteiger partial charge in [0.25, 0.3) is 0 Å². The van der Waals surface area contributed by atoms with Crippen molar-refractivity contribution in [1.29, 1.82) is 0 Å². The molecule has 0 aliphatic carbocycles. The van der Waals surface area contributed by atoms with Gasteiger partial charge in [0.2, 0.25) is 0 Å². The number of morpholine rings is 1. The van der Waals surface area contributed by atoms with Crippen LogP contribution in [-0.4, -0.2) is 65.1 Å². The number of urea groups is 1. The Morgan fingerprint density at radius 2 is 2.18 bits per heavy atom. The number of aliphatic carboxylic acids is 1. The highest BCUT2D eigenvalue weighted by molar-refractivity contribution is 5.82. The van der Waals surface area contributed by atoms with E-state index in [1.807, 2.05) is 13.8 Å². The summed E-state index contributed by atoms with van der Waals surface area (Å²) in [6.07, 6.45) is -0.0747. The first-order valence-corrected chi connectivity index (χ1v) is 5.48. The van der Waals surface area contributed by atoms with Gasteiger partial charge >= 0.3 is 12.0 Å².